The summed E-state index contributed by atoms with van der Waals surface area (Å²) in [6, 6.07) is 10.1. The molecule has 15 heteroatoms. The number of H-pyrrole nitrogens is 1. The SMILES string of the molecule is Cl.Cl.O=c1[nH]cnn1CN1CCNC(COCc2cc(C(F)(F)F)cc(C(F)(F)F)c2)C1c1ccccc1. The van der Waals surface area contributed by atoms with E-state index in [1.807, 2.05) is 35.2 Å². The summed E-state index contributed by atoms with van der Waals surface area (Å²) in [5.74, 6) is 0. The van der Waals surface area contributed by atoms with Gasteiger partial charge in [-0.1, -0.05) is 30.3 Å². The first-order chi connectivity index (χ1) is 17.0. The Hall–Kier alpha value is -2.58. The standard InChI is InChI=1S/C23H23F6N5O2.2ClH/c24-22(25,26)17-8-15(9-18(10-17)23(27,28)29)11-36-12-19-20(16-4-2-1-3-5-16)33(7-6-30-19)14-34-21(35)31-13-32-34;;/h1-5,8-10,13,19-20,30H,6-7,11-12,14H2,(H,31,32,35);2*1H. The second kappa shape index (κ2) is 13.0. The van der Waals surface area contributed by atoms with Gasteiger partial charge in [0.25, 0.3) is 0 Å². The van der Waals surface area contributed by atoms with Gasteiger partial charge in [-0.15, -0.1) is 24.8 Å². The molecule has 1 aromatic heterocycles. The quantitative estimate of drug-likeness (QED) is 0.394. The van der Waals surface area contributed by atoms with E-state index in [-0.39, 0.29) is 67.5 Å². The van der Waals surface area contributed by atoms with Crippen LogP contribution in [0.2, 0.25) is 0 Å². The van der Waals surface area contributed by atoms with E-state index in [9.17, 15) is 31.1 Å². The summed E-state index contributed by atoms with van der Waals surface area (Å²) >= 11 is 0. The van der Waals surface area contributed by atoms with E-state index in [1.165, 1.54) is 11.0 Å². The molecule has 2 unspecified atom stereocenters. The van der Waals surface area contributed by atoms with Crippen molar-refractivity contribution in [3.05, 3.63) is 87.6 Å². The smallest absolute Gasteiger partial charge is 0.375 e. The monoisotopic (exact) mass is 587 g/mol. The molecular weight excluding hydrogens is 563 g/mol. The first-order valence-electron chi connectivity index (χ1n) is 11.0. The van der Waals surface area contributed by atoms with Crippen LogP contribution in [0, 0.1) is 0 Å². The van der Waals surface area contributed by atoms with Crippen molar-refractivity contribution >= 4 is 24.8 Å². The molecule has 2 atom stereocenters. The van der Waals surface area contributed by atoms with Gasteiger partial charge in [0.1, 0.15) is 6.33 Å². The maximum absolute atomic E-state index is 13.2. The third-order valence-corrected chi connectivity index (χ3v) is 5.87. The number of ether oxygens (including phenoxy) is 1. The molecule has 210 valence electrons. The molecule has 2 heterocycles. The van der Waals surface area contributed by atoms with E-state index in [0.29, 0.717) is 25.2 Å². The first-order valence-corrected chi connectivity index (χ1v) is 11.0. The van der Waals surface area contributed by atoms with Crippen molar-refractivity contribution in [3.8, 4) is 0 Å². The number of nitrogens with zero attached hydrogens (tertiary/aromatic N) is 3. The minimum absolute atomic E-state index is 0. The predicted molar refractivity (Wildman–Crippen MR) is 131 cm³/mol. The highest BCUT2D eigenvalue weighted by molar-refractivity contribution is 5.85. The molecule has 1 saturated heterocycles. The van der Waals surface area contributed by atoms with Gasteiger partial charge in [0, 0.05) is 13.1 Å². The molecule has 0 amide bonds. The Kier molecular flexibility index (Phi) is 10.8. The second-order valence-corrected chi connectivity index (χ2v) is 8.39. The third-order valence-electron chi connectivity index (χ3n) is 5.87. The van der Waals surface area contributed by atoms with Gasteiger partial charge in [-0.25, -0.2) is 4.79 Å². The Labute approximate surface area is 226 Å². The van der Waals surface area contributed by atoms with E-state index in [1.54, 1.807) is 0 Å². The van der Waals surface area contributed by atoms with Crippen molar-refractivity contribution in [2.45, 2.75) is 37.7 Å². The van der Waals surface area contributed by atoms with Crippen LogP contribution in [-0.4, -0.2) is 45.4 Å². The van der Waals surface area contributed by atoms with Crippen LogP contribution in [0.5, 0.6) is 0 Å². The summed E-state index contributed by atoms with van der Waals surface area (Å²) in [4.78, 5) is 16.4. The van der Waals surface area contributed by atoms with Gasteiger partial charge in [-0.2, -0.15) is 36.1 Å². The van der Waals surface area contributed by atoms with Gasteiger partial charge in [0.2, 0.25) is 0 Å². The van der Waals surface area contributed by atoms with Gasteiger partial charge in [-0.3, -0.25) is 9.88 Å². The fraction of sp³-hybridized carbons (Fsp3) is 0.391. The highest BCUT2D eigenvalue weighted by Crippen LogP contribution is 2.36. The molecule has 1 aliphatic rings. The second-order valence-electron chi connectivity index (χ2n) is 8.39. The average molecular weight is 588 g/mol. The van der Waals surface area contributed by atoms with E-state index >= 15 is 0 Å². The van der Waals surface area contributed by atoms with Crippen LogP contribution in [0.15, 0.2) is 59.7 Å². The van der Waals surface area contributed by atoms with Crippen molar-refractivity contribution in [3.63, 3.8) is 0 Å². The Morgan fingerprint density at radius 3 is 2.16 bits per heavy atom. The topological polar surface area (TPSA) is 75.2 Å². The lowest BCUT2D eigenvalue weighted by molar-refractivity contribution is -0.143. The van der Waals surface area contributed by atoms with Crippen molar-refractivity contribution in [1.82, 2.24) is 25.0 Å². The van der Waals surface area contributed by atoms with Crippen LogP contribution in [0.4, 0.5) is 26.3 Å². The number of hydrogen-bond donors (Lipinski definition) is 2. The molecule has 3 aromatic rings. The molecule has 7 nitrogen and oxygen atoms in total. The maximum atomic E-state index is 13.2. The molecule has 4 rings (SSSR count). The summed E-state index contributed by atoms with van der Waals surface area (Å²) in [5, 5.41) is 7.30. The zero-order valence-corrected chi connectivity index (χ0v) is 21.3. The van der Waals surface area contributed by atoms with Crippen LogP contribution >= 0.6 is 24.8 Å². The number of benzene rings is 2. The lowest BCUT2D eigenvalue weighted by atomic mass is 9.96. The lowest BCUT2D eigenvalue weighted by Gasteiger charge is -2.42. The van der Waals surface area contributed by atoms with E-state index < -0.39 is 30.1 Å². The molecule has 2 N–H and O–H groups in total. The molecule has 0 aliphatic carbocycles. The van der Waals surface area contributed by atoms with Gasteiger partial charge in [0.05, 0.1) is 43.1 Å². The van der Waals surface area contributed by atoms with Crippen LogP contribution in [-0.2, 0) is 30.4 Å². The Morgan fingerprint density at radius 1 is 0.974 bits per heavy atom. The Balaban J connectivity index is 0.00000253. The van der Waals surface area contributed by atoms with E-state index in [4.69, 9.17) is 4.74 Å². The van der Waals surface area contributed by atoms with Gasteiger partial charge >= 0.3 is 18.0 Å². The number of nitrogens with one attached hydrogen (secondary N) is 2. The number of halogens is 8. The van der Waals surface area contributed by atoms with Crippen molar-refractivity contribution in [2.24, 2.45) is 0 Å². The third kappa shape index (κ3) is 7.73. The first kappa shape index (κ1) is 31.6. The zero-order valence-electron chi connectivity index (χ0n) is 19.6. The van der Waals surface area contributed by atoms with E-state index in [0.717, 1.165) is 5.56 Å². The Morgan fingerprint density at radius 2 is 1.61 bits per heavy atom. The van der Waals surface area contributed by atoms with Crippen LogP contribution in [0.25, 0.3) is 0 Å². The van der Waals surface area contributed by atoms with Crippen LogP contribution in [0.1, 0.15) is 28.3 Å². The van der Waals surface area contributed by atoms with Crippen LogP contribution < -0.4 is 11.0 Å². The fourth-order valence-electron chi connectivity index (χ4n) is 4.26. The molecule has 38 heavy (non-hydrogen) atoms. The molecule has 1 aliphatic heterocycles. The number of aromatic nitrogens is 3. The molecule has 0 radical (unpaired) electrons. The van der Waals surface area contributed by atoms with Crippen molar-refractivity contribution < 1.29 is 31.1 Å². The van der Waals surface area contributed by atoms with Crippen molar-refractivity contribution in [1.29, 1.82) is 0 Å². The number of rotatable bonds is 7. The molecule has 0 spiro atoms. The predicted octanol–water partition coefficient (Wildman–Crippen LogP) is 4.64. The number of piperazine rings is 1. The van der Waals surface area contributed by atoms with Gasteiger partial charge < -0.3 is 10.1 Å². The molecule has 0 bridgehead atoms. The number of hydrogen-bond acceptors (Lipinski definition) is 5. The molecule has 2 aromatic carbocycles. The summed E-state index contributed by atoms with van der Waals surface area (Å²) in [6.45, 7) is 0.841. The molecular formula is C23H25Cl2F6N5O2. The summed E-state index contributed by atoms with van der Waals surface area (Å²) < 4.78 is 85.9. The van der Waals surface area contributed by atoms with E-state index in [2.05, 4.69) is 15.4 Å². The zero-order chi connectivity index (χ0) is 25.9. The van der Waals surface area contributed by atoms with Gasteiger partial charge in [-0.05, 0) is 29.3 Å². The molecule has 0 saturated carbocycles. The maximum Gasteiger partial charge on any atom is 0.416 e. The number of alkyl halides is 6. The lowest BCUT2D eigenvalue weighted by Crippen LogP contribution is -2.55. The highest BCUT2D eigenvalue weighted by atomic mass is 35.5. The summed E-state index contributed by atoms with van der Waals surface area (Å²) in [7, 11) is 0. The normalized spacial score (nSPS) is 18.5. The Bertz CT molecular complexity index is 1190. The summed E-state index contributed by atoms with van der Waals surface area (Å²) in [5.41, 5.74) is -2.48. The highest BCUT2D eigenvalue weighted by Gasteiger charge is 2.37. The number of aromatic amines is 1. The average Bonchev–Trinajstić information content (AvgIpc) is 3.23. The molecule has 1 fully saturated rings. The van der Waals surface area contributed by atoms with Gasteiger partial charge in [0.15, 0.2) is 0 Å². The minimum atomic E-state index is -4.93. The summed E-state index contributed by atoms with van der Waals surface area (Å²) in [6.07, 6.45) is -8.57. The largest absolute Gasteiger partial charge is 0.416 e. The fourth-order valence-corrected chi connectivity index (χ4v) is 4.26. The van der Waals surface area contributed by atoms with Crippen LogP contribution in [0.3, 0.4) is 0 Å². The minimum Gasteiger partial charge on any atom is -0.375 e. The van der Waals surface area contributed by atoms with Crippen molar-refractivity contribution in [2.75, 3.05) is 19.7 Å².